The number of benzene rings is 1. The van der Waals surface area contributed by atoms with E-state index in [1.54, 1.807) is 0 Å². The first kappa shape index (κ1) is 15.0. The van der Waals surface area contributed by atoms with E-state index in [1.807, 2.05) is 4.90 Å². The summed E-state index contributed by atoms with van der Waals surface area (Å²) in [6.45, 7) is 7.20. The summed E-state index contributed by atoms with van der Waals surface area (Å²) < 4.78 is 0. The molecule has 1 aliphatic heterocycles. The molecule has 20 heavy (non-hydrogen) atoms. The van der Waals surface area contributed by atoms with Crippen LogP contribution in [0.15, 0.2) is 24.3 Å². The van der Waals surface area contributed by atoms with E-state index in [2.05, 4.69) is 50.4 Å². The topological polar surface area (TPSA) is 32.3 Å². The van der Waals surface area contributed by atoms with E-state index in [9.17, 15) is 4.79 Å². The molecule has 110 valence electrons. The monoisotopic (exact) mass is 274 g/mol. The molecule has 1 N–H and O–H groups in total. The molecular formula is C17H26N2O. The van der Waals surface area contributed by atoms with E-state index in [-0.39, 0.29) is 11.9 Å². The number of nitrogens with one attached hydrogen (secondary N) is 1. The van der Waals surface area contributed by atoms with Gasteiger partial charge in [-0.05, 0) is 37.0 Å². The molecule has 0 bridgehead atoms. The number of aryl methyl sites for hydroxylation is 1. The molecule has 0 radical (unpaired) electrons. The Bertz CT molecular complexity index is 439. The van der Waals surface area contributed by atoms with E-state index in [4.69, 9.17) is 0 Å². The molecule has 1 aromatic rings. The first-order valence-electron chi connectivity index (χ1n) is 7.78. The van der Waals surface area contributed by atoms with Crippen LogP contribution in [0.2, 0.25) is 0 Å². The average molecular weight is 274 g/mol. The molecule has 3 heteroatoms. The minimum atomic E-state index is -0.0286. The van der Waals surface area contributed by atoms with E-state index < -0.39 is 0 Å². The maximum Gasteiger partial charge on any atom is 0.244 e. The summed E-state index contributed by atoms with van der Waals surface area (Å²) in [6.07, 6.45) is 4.27. The lowest BCUT2D eigenvalue weighted by atomic mass is 10.0. The Morgan fingerprint density at radius 1 is 1.30 bits per heavy atom. The van der Waals surface area contributed by atoms with Gasteiger partial charge in [-0.2, -0.15) is 0 Å². The highest BCUT2D eigenvalue weighted by atomic mass is 16.2. The Kier molecular flexibility index (Phi) is 5.18. The Balaban J connectivity index is 2.08. The van der Waals surface area contributed by atoms with Gasteiger partial charge in [0.2, 0.25) is 5.91 Å². The van der Waals surface area contributed by atoms with Crippen molar-refractivity contribution < 1.29 is 4.79 Å². The lowest BCUT2D eigenvalue weighted by Crippen LogP contribution is -2.52. The Hall–Kier alpha value is -1.35. The Morgan fingerprint density at radius 3 is 2.60 bits per heavy atom. The van der Waals surface area contributed by atoms with Gasteiger partial charge < -0.3 is 10.2 Å². The highest BCUT2D eigenvalue weighted by Crippen LogP contribution is 2.22. The number of rotatable bonds is 5. The van der Waals surface area contributed by atoms with Gasteiger partial charge in [0.05, 0.1) is 6.04 Å². The van der Waals surface area contributed by atoms with Crippen molar-refractivity contribution >= 4 is 11.6 Å². The fourth-order valence-electron chi connectivity index (χ4n) is 2.82. The van der Waals surface area contributed by atoms with Gasteiger partial charge in [0, 0.05) is 18.3 Å². The van der Waals surface area contributed by atoms with Gasteiger partial charge in [0.15, 0.2) is 0 Å². The molecular weight excluding hydrogens is 248 g/mol. The van der Waals surface area contributed by atoms with Crippen molar-refractivity contribution in [2.75, 3.05) is 11.4 Å². The minimum Gasteiger partial charge on any atom is -0.311 e. The van der Waals surface area contributed by atoms with Crippen molar-refractivity contribution in [3.05, 3.63) is 29.8 Å². The lowest BCUT2D eigenvalue weighted by Gasteiger charge is -2.33. The first-order valence-corrected chi connectivity index (χ1v) is 7.78. The van der Waals surface area contributed by atoms with Gasteiger partial charge in [0.25, 0.3) is 0 Å². The summed E-state index contributed by atoms with van der Waals surface area (Å²) in [7, 11) is 0. The van der Waals surface area contributed by atoms with Crippen LogP contribution in [0, 0.1) is 0 Å². The molecule has 1 aliphatic rings. The Labute approximate surface area is 122 Å². The van der Waals surface area contributed by atoms with Gasteiger partial charge in [-0.1, -0.05) is 39.3 Å². The normalized spacial score (nSPS) is 19.7. The van der Waals surface area contributed by atoms with Crippen LogP contribution in [-0.2, 0) is 11.2 Å². The fourth-order valence-corrected chi connectivity index (χ4v) is 2.82. The lowest BCUT2D eigenvalue weighted by molar-refractivity contribution is -0.121. The second kappa shape index (κ2) is 6.89. The number of piperidine rings is 1. The van der Waals surface area contributed by atoms with Gasteiger partial charge in [0.1, 0.15) is 0 Å². The van der Waals surface area contributed by atoms with E-state index in [0.717, 1.165) is 37.9 Å². The number of carbonyl (C=O) groups excluding carboxylic acids is 1. The van der Waals surface area contributed by atoms with E-state index in [0.29, 0.717) is 6.04 Å². The number of amides is 1. The van der Waals surface area contributed by atoms with Crippen LogP contribution in [0.25, 0.3) is 0 Å². The Morgan fingerprint density at radius 2 is 2.00 bits per heavy atom. The minimum absolute atomic E-state index is 0.0286. The van der Waals surface area contributed by atoms with Crippen molar-refractivity contribution in [1.82, 2.24) is 5.32 Å². The van der Waals surface area contributed by atoms with Crippen molar-refractivity contribution in [2.45, 2.75) is 58.5 Å². The molecule has 0 saturated carbocycles. The summed E-state index contributed by atoms with van der Waals surface area (Å²) in [4.78, 5) is 14.5. The van der Waals surface area contributed by atoms with Crippen LogP contribution in [0.5, 0.6) is 0 Å². The van der Waals surface area contributed by atoms with Crippen LogP contribution in [0.3, 0.4) is 0 Å². The number of hydrogen-bond acceptors (Lipinski definition) is 2. The zero-order valence-corrected chi connectivity index (χ0v) is 12.9. The first-order chi connectivity index (χ1) is 9.61. The van der Waals surface area contributed by atoms with Crippen molar-refractivity contribution in [1.29, 1.82) is 0 Å². The summed E-state index contributed by atoms with van der Waals surface area (Å²) in [5.74, 6) is 0.216. The summed E-state index contributed by atoms with van der Waals surface area (Å²) in [6, 6.07) is 8.77. The number of carbonyl (C=O) groups is 1. The van der Waals surface area contributed by atoms with Gasteiger partial charge >= 0.3 is 0 Å². The molecule has 0 spiro atoms. The largest absolute Gasteiger partial charge is 0.311 e. The molecule has 1 atom stereocenters. The highest BCUT2D eigenvalue weighted by molar-refractivity contribution is 5.97. The molecule has 1 saturated heterocycles. The predicted molar refractivity (Wildman–Crippen MR) is 84.1 cm³/mol. The fraction of sp³-hybridized carbons (Fsp3) is 0.588. The maximum atomic E-state index is 12.5. The van der Waals surface area contributed by atoms with Crippen molar-refractivity contribution in [3.8, 4) is 0 Å². The molecule has 1 heterocycles. The van der Waals surface area contributed by atoms with Crippen LogP contribution < -0.4 is 10.2 Å². The van der Waals surface area contributed by atoms with Gasteiger partial charge in [-0.25, -0.2) is 0 Å². The average Bonchev–Trinajstić information content (AvgIpc) is 2.42. The highest BCUT2D eigenvalue weighted by Gasteiger charge is 2.29. The molecule has 0 aliphatic carbocycles. The summed E-state index contributed by atoms with van der Waals surface area (Å²) in [5, 5.41) is 3.37. The van der Waals surface area contributed by atoms with Crippen LogP contribution in [0.1, 0.15) is 45.6 Å². The quantitative estimate of drug-likeness (QED) is 0.894. The molecule has 1 fully saturated rings. The second-order valence-electron chi connectivity index (χ2n) is 5.92. The molecule has 0 aromatic heterocycles. The summed E-state index contributed by atoms with van der Waals surface area (Å²) in [5.41, 5.74) is 2.38. The third-order valence-electron chi connectivity index (χ3n) is 3.76. The SMILES string of the molecule is CCCc1ccc(N2CCCC(NC(C)C)C2=O)cc1. The maximum absolute atomic E-state index is 12.5. The van der Waals surface area contributed by atoms with Crippen molar-refractivity contribution in [2.24, 2.45) is 0 Å². The third-order valence-corrected chi connectivity index (χ3v) is 3.76. The third kappa shape index (κ3) is 3.60. The van der Waals surface area contributed by atoms with Crippen molar-refractivity contribution in [3.63, 3.8) is 0 Å². The van der Waals surface area contributed by atoms with Crippen LogP contribution in [0.4, 0.5) is 5.69 Å². The number of hydrogen-bond donors (Lipinski definition) is 1. The zero-order valence-electron chi connectivity index (χ0n) is 12.9. The van der Waals surface area contributed by atoms with E-state index in [1.165, 1.54) is 5.56 Å². The smallest absolute Gasteiger partial charge is 0.244 e. The molecule has 1 aromatic carbocycles. The summed E-state index contributed by atoms with van der Waals surface area (Å²) >= 11 is 0. The van der Waals surface area contributed by atoms with Crippen LogP contribution in [-0.4, -0.2) is 24.5 Å². The zero-order chi connectivity index (χ0) is 14.5. The standard InChI is InChI=1S/C17H26N2O/c1-4-6-14-8-10-15(11-9-14)19-12-5-7-16(17(19)20)18-13(2)3/h8-11,13,16,18H,4-7,12H2,1-3H3. The molecule has 1 unspecified atom stereocenters. The predicted octanol–water partition coefficient (Wildman–Crippen LogP) is 3.13. The number of nitrogens with zero attached hydrogens (tertiary/aromatic N) is 1. The number of anilines is 1. The van der Waals surface area contributed by atoms with E-state index >= 15 is 0 Å². The second-order valence-corrected chi connectivity index (χ2v) is 5.92. The molecule has 3 nitrogen and oxygen atoms in total. The van der Waals surface area contributed by atoms with Crippen LogP contribution >= 0.6 is 0 Å². The molecule has 1 amide bonds. The van der Waals surface area contributed by atoms with Gasteiger partial charge in [-0.3, -0.25) is 4.79 Å². The molecule has 2 rings (SSSR count). The van der Waals surface area contributed by atoms with Gasteiger partial charge in [-0.15, -0.1) is 0 Å².